The van der Waals surface area contributed by atoms with Gasteiger partial charge in [0.25, 0.3) is 0 Å². The van der Waals surface area contributed by atoms with Crippen LogP contribution in [-0.2, 0) is 13.5 Å². The van der Waals surface area contributed by atoms with E-state index in [-0.39, 0.29) is 10.6 Å². The highest BCUT2D eigenvalue weighted by Crippen LogP contribution is 2.25. The van der Waals surface area contributed by atoms with Crippen molar-refractivity contribution in [2.75, 3.05) is 6.54 Å². The fourth-order valence-electron chi connectivity index (χ4n) is 2.03. The molecule has 108 valence electrons. The van der Waals surface area contributed by atoms with E-state index in [1.54, 1.807) is 11.7 Å². The minimum atomic E-state index is -0.635. The standard InChI is InChI=1S/C13H15ClF2N4/c1-3-17-12(6-13-18-7-19-20(13)2)8-4-11(16)9(14)5-10(8)15/h4-5,7,12,17H,3,6H2,1-2H3. The second-order valence-electron chi connectivity index (χ2n) is 4.40. The van der Waals surface area contributed by atoms with E-state index in [4.69, 9.17) is 11.6 Å². The molecule has 0 bridgehead atoms. The third-order valence-corrected chi connectivity index (χ3v) is 3.35. The Morgan fingerprint density at radius 1 is 1.35 bits per heavy atom. The van der Waals surface area contributed by atoms with Gasteiger partial charge in [-0.15, -0.1) is 0 Å². The van der Waals surface area contributed by atoms with Crippen LogP contribution in [0.3, 0.4) is 0 Å². The summed E-state index contributed by atoms with van der Waals surface area (Å²) in [4.78, 5) is 4.10. The third-order valence-electron chi connectivity index (χ3n) is 3.06. The number of likely N-dealkylation sites (N-methyl/N-ethyl adjacent to an activating group) is 1. The van der Waals surface area contributed by atoms with Gasteiger partial charge in [0.05, 0.1) is 5.02 Å². The summed E-state index contributed by atoms with van der Waals surface area (Å²) in [5, 5.41) is 6.87. The molecule has 0 saturated heterocycles. The number of aryl methyl sites for hydroxylation is 1. The van der Waals surface area contributed by atoms with Crippen LogP contribution < -0.4 is 5.32 Å². The second-order valence-corrected chi connectivity index (χ2v) is 4.81. The Morgan fingerprint density at radius 2 is 2.10 bits per heavy atom. The van der Waals surface area contributed by atoms with Crippen LogP contribution >= 0.6 is 11.6 Å². The molecule has 0 spiro atoms. The Bertz CT molecular complexity index is 600. The van der Waals surface area contributed by atoms with E-state index >= 15 is 0 Å². The highest BCUT2D eigenvalue weighted by Gasteiger charge is 2.20. The number of rotatable bonds is 5. The summed E-state index contributed by atoms with van der Waals surface area (Å²) in [7, 11) is 1.75. The summed E-state index contributed by atoms with van der Waals surface area (Å²) in [5.74, 6) is -0.487. The Kier molecular flexibility index (Phi) is 4.67. The van der Waals surface area contributed by atoms with Gasteiger partial charge in [0.1, 0.15) is 23.8 Å². The average molecular weight is 301 g/mol. The van der Waals surface area contributed by atoms with Crippen molar-refractivity contribution in [3.05, 3.63) is 46.5 Å². The van der Waals surface area contributed by atoms with Crippen LogP contribution in [0.4, 0.5) is 8.78 Å². The van der Waals surface area contributed by atoms with Crippen molar-refractivity contribution >= 4 is 11.6 Å². The molecule has 0 radical (unpaired) electrons. The van der Waals surface area contributed by atoms with E-state index in [1.165, 1.54) is 6.33 Å². The normalized spacial score (nSPS) is 12.7. The maximum Gasteiger partial charge on any atom is 0.142 e. The van der Waals surface area contributed by atoms with Crippen LogP contribution in [0.2, 0.25) is 5.02 Å². The maximum atomic E-state index is 14.0. The van der Waals surface area contributed by atoms with Gasteiger partial charge in [0.15, 0.2) is 0 Å². The van der Waals surface area contributed by atoms with Gasteiger partial charge in [-0.05, 0) is 18.7 Å². The monoisotopic (exact) mass is 300 g/mol. The number of hydrogen-bond donors (Lipinski definition) is 1. The van der Waals surface area contributed by atoms with Gasteiger partial charge in [0.2, 0.25) is 0 Å². The summed E-state index contributed by atoms with van der Waals surface area (Å²) < 4.78 is 29.2. The van der Waals surface area contributed by atoms with Gasteiger partial charge in [-0.1, -0.05) is 18.5 Å². The molecule has 0 aliphatic rings. The molecule has 20 heavy (non-hydrogen) atoms. The zero-order chi connectivity index (χ0) is 14.7. The van der Waals surface area contributed by atoms with Crippen molar-refractivity contribution in [3.8, 4) is 0 Å². The van der Waals surface area contributed by atoms with Gasteiger partial charge in [-0.2, -0.15) is 5.10 Å². The van der Waals surface area contributed by atoms with E-state index in [0.29, 0.717) is 18.8 Å². The molecule has 1 heterocycles. The lowest BCUT2D eigenvalue weighted by molar-refractivity contribution is 0.486. The summed E-state index contributed by atoms with van der Waals surface area (Å²) >= 11 is 5.57. The summed E-state index contributed by atoms with van der Waals surface area (Å²) in [6.07, 6.45) is 1.83. The molecular formula is C13H15ClF2N4. The van der Waals surface area contributed by atoms with Crippen molar-refractivity contribution in [2.45, 2.75) is 19.4 Å². The minimum absolute atomic E-state index is 0.222. The van der Waals surface area contributed by atoms with E-state index in [1.807, 2.05) is 6.92 Å². The highest BCUT2D eigenvalue weighted by molar-refractivity contribution is 6.30. The fourth-order valence-corrected chi connectivity index (χ4v) is 2.18. The Labute approximate surface area is 120 Å². The first-order valence-electron chi connectivity index (χ1n) is 6.23. The van der Waals surface area contributed by atoms with Crippen molar-refractivity contribution in [3.63, 3.8) is 0 Å². The molecule has 1 aromatic carbocycles. The lowest BCUT2D eigenvalue weighted by atomic mass is 10.0. The van der Waals surface area contributed by atoms with Crippen molar-refractivity contribution in [1.82, 2.24) is 20.1 Å². The molecule has 1 unspecified atom stereocenters. The zero-order valence-corrected chi connectivity index (χ0v) is 12.0. The molecule has 2 rings (SSSR count). The molecule has 4 nitrogen and oxygen atoms in total. The predicted molar refractivity (Wildman–Crippen MR) is 72.5 cm³/mol. The van der Waals surface area contributed by atoms with Crippen LogP contribution in [0.15, 0.2) is 18.5 Å². The van der Waals surface area contributed by atoms with E-state index in [0.717, 1.165) is 12.1 Å². The third kappa shape index (κ3) is 3.13. The number of nitrogens with zero attached hydrogens (tertiary/aromatic N) is 3. The quantitative estimate of drug-likeness (QED) is 0.863. The number of nitrogens with one attached hydrogen (secondary N) is 1. The second kappa shape index (κ2) is 6.28. The zero-order valence-electron chi connectivity index (χ0n) is 11.2. The van der Waals surface area contributed by atoms with Crippen LogP contribution in [0, 0.1) is 11.6 Å². The Hall–Kier alpha value is -1.53. The van der Waals surface area contributed by atoms with Crippen molar-refractivity contribution in [2.24, 2.45) is 7.05 Å². The highest BCUT2D eigenvalue weighted by atomic mass is 35.5. The summed E-state index contributed by atoms with van der Waals surface area (Å²) in [6, 6.07) is 1.73. The SMILES string of the molecule is CCNC(Cc1ncnn1C)c1cc(F)c(Cl)cc1F. The fraction of sp³-hybridized carbons (Fsp3) is 0.385. The molecule has 2 aromatic rings. The van der Waals surface area contributed by atoms with E-state index in [9.17, 15) is 8.78 Å². The van der Waals surface area contributed by atoms with Gasteiger partial charge >= 0.3 is 0 Å². The molecule has 1 aromatic heterocycles. The van der Waals surface area contributed by atoms with E-state index in [2.05, 4.69) is 15.4 Å². The molecule has 1 N–H and O–H groups in total. The predicted octanol–water partition coefficient (Wildman–Crippen LogP) is 2.64. The molecule has 0 aliphatic heterocycles. The number of aromatic nitrogens is 3. The molecule has 1 atom stereocenters. The lowest BCUT2D eigenvalue weighted by Gasteiger charge is -2.19. The number of benzene rings is 1. The molecule has 7 heteroatoms. The van der Waals surface area contributed by atoms with Crippen LogP contribution in [0.25, 0.3) is 0 Å². The molecule has 0 aliphatic carbocycles. The van der Waals surface area contributed by atoms with Gasteiger partial charge in [-0.3, -0.25) is 4.68 Å². The van der Waals surface area contributed by atoms with Crippen LogP contribution in [0.1, 0.15) is 24.4 Å². The number of hydrogen-bond acceptors (Lipinski definition) is 3. The first-order valence-corrected chi connectivity index (χ1v) is 6.61. The minimum Gasteiger partial charge on any atom is -0.310 e. The van der Waals surface area contributed by atoms with E-state index < -0.39 is 17.7 Å². The van der Waals surface area contributed by atoms with Crippen molar-refractivity contribution < 1.29 is 8.78 Å². The number of halogens is 3. The summed E-state index contributed by atoms with van der Waals surface area (Å²) in [5.41, 5.74) is 0.233. The topological polar surface area (TPSA) is 42.7 Å². The van der Waals surface area contributed by atoms with Crippen molar-refractivity contribution in [1.29, 1.82) is 0 Å². The lowest BCUT2D eigenvalue weighted by Crippen LogP contribution is -2.25. The molecule has 0 amide bonds. The summed E-state index contributed by atoms with van der Waals surface area (Å²) in [6.45, 7) is 2.51. The van der Waals surface area contributed by atoms with Gasteiger partial charge < -0.3 is 5.32 Å². The Balaban J connectivity index is 2.33. The smallest absolute Gasteiger partial charge is 0.142 e. The average Bonchev–Trinajstić information content (AvgIpc) is 2.79. The molecule has 0 saturated carbocycles. The first kappa shape index (κ1) is 14.9. The largest absolute Gasteiger partial charge is 0.310 e. The van der Waals surface area contributed by atoms with Crippen LogP contribution in [-0.4, -0.2) is 21.3 Å². The molecular weight excluding hydrogens is 286 g/mol. The first-order chi connectivity index (χ1) is 9.52. The Morgan fingerprint density at radius 3 is 2.70 bits per heavy atom. The van der Waals surface area contributed by atoms with Gasteiger partial charge in [0, 0.05) is 25.1 Å². The maximum absolute atomic E-state index is 14.0. The molecule has 0 fully saturated rings. The van der Waals surface area contributed by atoms with Gasteiger partial charge in [-0.25, -0.2) is 13.8 Å². The van der Waals surface area contributed by atoms with Crippen LogP contribution in [0.5, 0.6) is 0 Å².